The van der Waals surface area contributed by atoms with E-state index in [1.165, 1.54) is 18.3 Å². The number of halogens is 3. The summed E-state index contributed by atoms with van der Waals surface area (Å²) < 4.78 is 52.1. The minimum Gasteiger partial charge on any atom is -0.441 e. The largest absolute Gasteiger partial charge is 0.441 e. The average Bonchev–Trinajstić information content (AvgIpc) is 3.22. The molecule has 11 heteroatoms. The van der Waals surface area contributed by atoms with Crippen molar-refractivity contribution in [3.8, 4) is 11.4 Å². The number of alkyl halides is 3. The van der Waals surface area contributed by atoms with Crippen molar-refractivity contribution in [2.45, 2.75) is 33.6 Å². The third-order valence-electron chi connectivity index (χ3n) is 5.40. The minimum absolute atomic E-state index is 0.0543. The summed E-state index contributed by atoms with van der Waals surface area (Å²) in [4.78, 5) is 21.8. The first-order valence-electron chi connectivity index (χ1n) is 11.6. The number of pyridine rings is 2. The third kappa shape index (κ3) is 5.36. The van der Waals surface area contributed by atoms with Gasteiger partial charge in [-0.1, -0.05) is 13.8 Å². The molecule has 1 aromatic carbocycles. The van der Waals surface area contributed by atoms with E-state index in [0.717, 1.165) is 6.07 Å². The molecule has 0 aliphatic heterocycles. The van der Waals surface area contributed by atoms with Crippen LogP contribution in [0.4, 0.5) is 24.7 Å². The standard InChI is InChI=1S/C26H23F3N6O2/c1-14(2)12-36-13-22-34-24(32-16-6-9-21-20(11-16)31-15(3)37-21)17-7-8-19(33-25(17)35-22)23-18(26(27,28)29)5-4-10-30-23/h4-11,14H,12-13H2,1-3H3,(H,32,33,34,35). The number of oxazole rings is 1. The van der Waals surface area contributed by atoms with Crippen molar-refractivity contribution in [1.82, 2.24) is 24.9 Å². The number of hydrogen-bond acceptors (Lipinski definition) is 8. The maximum absolute atomic E-state index is 13.6. The fourth-order valence-corrected chi connectivity index (χ4v) is 3.83. The maximum atomic E-state index is 13.6. The van der Waals surface area contributed by atoms with Crippen LogP contribution in [0.2, 0.25) is 0 Å². The number of hydrogen-bond donors (Lipinski definition) is 1. The van der Waals surface area contributed by atoms with Crippen LogP contribution in [0.5, 0.6) is 0 Å². The fraction of sp³-hybridized carbons (Fsp3) is 0.269. The second-order valence-electron chi connectivity index (χ2n) is 8.90. The molecule has 0 bridgehead atoms. The number of fused-ring (bicyclic) bond motifs is 2. The zero-order valence-electron chi connectivity index (χ0n) is 20.3. The van der Waals surface area contributed by atoms with E-state index in [0.29, 0.717) is 52.2 Å². The molecule has 8 nitrogen and oxygen atoms in total. The van der Waals surface area contributed by atoms with E-state index >= 15 is 0 Å². The van der Waals surface area contributed by atoms with Crippen LogP contribution in [-0.4, -0.2) is 31.5 Å². The first-order valence-corrected chi connectivity index (χ1v) is 11.6. The molecule has 0 amide bonds. The van der Waals surface area contributed by atoms with Gasteiger partial charge < -0.3 is 14.5 Å². The summed E-state index contributed by atoms with van der Waals surface area (Å²) >= 11 is 0. The normalized spacial score (nSPS) is 12.1. The highest BCUT2D eigenvalue weighted by atomic mass is 19.4. The van der Waals surface area contributed by atoms with Crippen LogP contribution in [-0.2, 0) is 17.5 Å². The van der Waals surface area contributed by atoms with Crippen LogP contribution in [0.1, 0.15) is 31.1 Å². The molecule has 4 aromatic heterocycles. The van der Waals surface area contributed by atoms with Gasteiger partial charge in [-0.25, -0.2) is 19.9 Å². The molecule has 0 atom stereocenters. The quantitative estimate of drug-likeness (QED) is 0.267. The number of rotatable bonds is 7. The first-order chi connectivity index (χ1) is 17.7. The Bertz CT molecular complexity index is 1580. The summed E-state index contributed by atoms with van der Waals surface area (Å²) in [6, 6.07) is 10.8. The molecule has 5 rings (SSSR count). The lowest BCUT2D eigenvalue weighted by atomic mass is 10.1. The summed E-state index contributed by atoms with van der Waals surface area (Å²) in [6.07, 6.45) is -3.27. The number of nitrogens with zero attached hydrogens (tertiary/aromatic N) is 5. The van der Waals surface area contributed by atoms with E-state index in [1.807, 2.05) is 26.0 Å². The SMILES string of the molecule is Cc1nc2cc(Nc3nc(COCC(C)C)nc4nc(-c5ncccc5C(F)(F)F)ccc34)ccc2o1. The molecule has 0 fully saturated rings. The molecule has 0 saturated carbocycles. The van der Waals surface area contributed by atoms with Gasteiger partial charge in [-0.15, -0.1) is 0 Å². The Morgan fingerprint density at radius 3 is 2.65 bits per heavy atom. The number of anilines is 2. The van der Waals surface area contributed by atoms with Crippen molar-refractivity contribution in [1.29, 1.82) is 0 Å². The summed E-state index contributed by atoms with van der Waals surface area (Å²) in [5.41, 5.74) is 1.16. The average molecular weight is 509 g/mol. The van der Waals surface area contributed by atoms with E-state index in [1.54, 1.807) is 19.1 Å². The minimum atomic E-state index is -4.58. The van der Waals surface area contributed by atoms with Crippen LogP contribution in [0.25, 0.3) is 33.5 Å². The predicted octanol–water partition coefficient (Wildman–Crippen LogP) is 6.47. The van der Waals surface area contributed by atoms with Gasteiger partial charge in [0.15, 0.2) is 22.9 Å². The van der Waals surface area contributed by atoms with E-state index in [2.05, 4.69) is 30.2 Å². The van der Waals surface area contributed by atoms with Crippen molar-refractivity contribution < 1.29 is 22.3 Å². The Morgan fingerprint density at radius 2 is 1.86 bits per heavy atom. The van der Waals surface area contributed by atoms with Crippen LogP contribution in [0.3, 0.4) is 0 Å². The Balaban J connectivity index is 1.58. The molecule has 4 heterocycles. The Kier molecular flexibility index (Phi) is 6.46. The molecule has 1 N–H and O–H groups in total. The second kappa shape index (κ2) is 9.74. The number of benzene rings is 1. The molecule has 0 aliphatic rings. The number of aromatic nitrogens is 5. The molecule has 0 aliphatic carbocycles. The van der Waals surface area contributed by atoms with E-state index in [4.69, 9.17) is 9.15 Å². The van der Waals surface area contributed by atoms with Gasteiger partial charge >= 0.3 is 6.18 Å². The molecule has 0 radical (unpaired) electrons. The zero-order chi connectivity index (χ0) is 26.2. The summed E-state index contributed by atoms with van der Waals surface area (Å²) in [5, 5.41) is 3.78. The molecule has 0 saturated heterocycles. The molecule has 37 heavy (non-hydrogen) atoms. The van der Waals surface area contributed by atoms with Gasteiger partial charge in [0.2, 0.25) is 0 Å². The second-order valence-corrected chi connectivity index (χ2v) is 8.90. The van der Waals surface area contributed by atoms with Crippen molar-refractivity contribution >= 4 is 33.6 Å². The molecule has 5 aromatic rings. The van der Waals surface area contributed by atoms with Gasteiger partial charge in [0.1, 0.15) is 23.6 Å². The molecule has 190 valence electrons. The Morgan fingerprint density at radius 1 is 1.03 bits per heavy atom. The zero-order valence-corrected chi connectivity index (χ0v) is 20.3. The van der Waals surface area contributed by atoms with E-state index in [-0.39, 0.29) is 23.6 Å². The Labute approximate surface area is 210 Å². The van der Waals surface area contributed by atoms with Crippen molar-refractivity contribution in [2.75, 3.05) is 11.9 Å². The number of ether oxygens (including phenoxy) is 1. The highest BCUT2D eigenvalue weighted by molar-refractivity contribution is 5.91. The van der Waals surface area contributed by atoms with Gasteiger partial charge in [-0.05, 0) is 48.4 Å². The van der Waals surface area contributed by atoms with E-state index < -0.39 is 11.7 Å². The van der Waals surface area contributed by atoms with Crippen molar-refractivity contribution in [3.05, 3.63) is 65.9 Å². The fourth-order valence-electron chi connectivity index (χ4n) is 3.83. The summed E-state index contributed by atoms with van der Waals surface area (Å²) in [7, 11) is 0. The van der Waals surface area contributed by atoms with Gasteiger partial charge in [0.25, 0.3) is 0 Å². The smallest absolute Gasteiger partial charge is 0.418 e. The third-order valence-corrected chi connectivity index (χ3v) is 5.40. The molecular formula is C26H23F3N6O2. The van der Waals surface area contributed by atoms with Gasteiger partial charge in [0, 0.05) is 25.4 Å². The first kappa shape index (κ1) is 24.6. The van der Waals surface area contributed by atoms with Crippen LogP contribution < -0.4 is 5.32 Å². The van der Waals surface area contributed by atoms with Crippen LogP contribution in [0.15, 0.2) is 53.1 Å². The van der Waals surface area contributed by atoms with Crippen LogP contribution >= 0.6 is 0 Å². The molecule has 0 spiro atoms. The monoisotopic (exact) mass is 508 g/mol. The Hall–Kier alpha value is -4.12. The van der Waals surface area contributed by atoms with Gasteiger partial charge in [-0.3, -0.25) is 4.98 Å². The molecular weight excluding hydrogens is 485 g/mol. The predicted molar refractivity (Wildman–Crippen MR) is 132 cm³/mol. The molecule has 0 unspecified atom stereocenters. The lowest BCUT2D eigenvalue weighted by molar-refractivity contribution is -0.137. The lowest BCUT2D eigenvalue weighted by Gasteiger charge is -2.14. The van der Waals surface area contributed by atoms with Gasteiger partial charge in [0.05, 0.1) is 16.6 Å². The summed E-state index contributed by atoms with van der Waals surface area (Å²) in [5.74, 6) is 1.64. The highest BCUT2D eigenvalue weighted by Gasteiger charge is 2.34. The van der Waals surface area contributed by atoms with Gasteiger partial charge in [-0.2, -0.15) is 13.2 Å². The maximum Gasteiger partial charge on any atom is 0.418 e. The van der Waals surface area contributed by atoms with Crippen molar-refractivity contribution in [2.24, 2.45) is 5.92 Å². The topological polar surface area (TPSA) is 98.9 Å². The van der Waals surface area contributed by atoms with E-state index in [9.17, 15) is 13.2 Å². The van der Waals surface area contributed by atoms with Crippen molar-refractivity contribution in [3.63, 3.8) is 0 Å². The summed E-state index contributed by atoms with van der Waals surface area (Å²) in [6.45, 7) is 6.43. The number of nitrogens with one attached hydrogen (secondary N) is 1. The number of aryl methyl sites for hydroxylation is 1. The van der Waals surface area contributed by atoms with Crippen LogP contribution in [0, 0.1) is 12.8 Å². The highest BCUT2D eigenvalue weighted by Crippen LogP contribution is 2.36. The lowest BCUT2D eigenvalue weighted by Crippen LogP contribution is -2.10.